The van der Waals surface area contributed by atoms with Crippen molar-refractivity contribution < 1.29 is 9.53 Å². The zero-order valence-corrected chi connectivity index (χ0v) is 17.9. The average Bonchev–Trinajstić information content (AvgIpc) is 2.76. The van der Waals surface area contributed by atoms with Gasteiger partial charge in [0, 0.05) is 19.3 Å². The standard InChI is InChI=1S/C23H28N4O3/c1-5-20(21-25-19-11-9-8-10-18(19)22(28)27(21)6-2)26(4)23(29)24-16-12-14-17(15-13-16)30-7-3/h8-15,20H,5-7H2,1-4H3,(H,24,29). The van der Waals surface area contributed by atoms with Crippen LogP contribution in [0.25, 0.3) is 10.9 Å². The van der Waals surface area contributed by atoms with Crippen LogP contribution in [0.4, 0.5) is 10.5 Å². The first-order valence-corrected chi connectivity index (χ1v) is 10.3. The third kappa shape index (κ3) is 4.30. The smallest absolute Gasteiger partial charge is 0.322 e. The van der Waals surface area contributed by atoms with Gasteiger partial charge >= 0.3 is 6.03 Å². The van der Waals surface area contributed by atoms with Gasteiger partial charge in [-0.15, -0.1) is 0 Å². The number of ether oxygens (including phenoxy) is 1. The van der Waals surface area contributed by atoms with Crippen LogP contribution < -0.4 is 15.6 Å². The van der Waals surface area contributed by atoms with Gasteiger partial charge in [0.15, 0.2) is 0 Å². The fourth-order valence-corrected chi connectivity index (χ4v) is 3.53. The molecule has 0 radical (unpaired) electrons. The number of para-hydroxylation sites is 1. The molecule has 158 valence electrons. The quantitative estimate of drug-likeness (QED) is 0.627. The number of hydrogen-bond acceptors (Lipinski definition) is 4. The van der Waals surface area contributed by atoms with Gasteiger partial charge in [-0.05, 0) is 56.7 Å². The van der Waals surface area contributed by atoms with Crippen molar-refractivity contribution in [3.63, 3.8) is 0 Å². The summed E-state index contributed by atoms with van der Waals surface area (Å²) >= 11 is 0. The first-order valence-electron chi connectivity index (χ1n) is 10.3. The van der Waals surface area contributed by atoms with Crippen molar-refractivity contribution in [1.82, 2.24) is 14.5 Å². The second-order valence-electron chi connectivity index (χ2n) is 6.96. The molecular weight excluding hydrogens is 380 g/mol. The molecule has 0 spiro atoms. The molecule has 0 bridgehead atoms. The van der Waals surface area contributed by atoms with Crippen molar-refractivity contribution in [2.24, 2.45) is 0 Å². The summed E-state index contributed by atoms with van der Waals surface area (Å²) in [5, 5.41) is 3.48. The van der Waals surface area contributed by atoms with Gasteiger partial charge in [0.1, 0.15) is 11.6 Å². The Kier molecular flexibility index (Phi) is 6.72. The van der Waals surface area contributed by atoms with Crippen LogP contribution >= 0.6 is 0 Å². The fourth-order valence-electron chi connectivity index (χ4n) is 3.53. The van der Waals surface area contributed by atoms with Crippen LogP contribution in [0.5, 0.6) is 5.75 Å². The van der Waals surface area contributed by atoms with Crippen molar-refractivity contribution in [3.8, 4) is 5.75 Å². The molecular formula is C23H28N4O3. The Balaban J connectivity index is 1.89. The summed E-state index contributed by atoms with van der Waals surface area (Å²) in [6, 6.07) is 13.9. The van der Waals surface area contributed by atoms with Crippen LogP contribution in [-0.4, -0.2) is 34.1 Å². The molecule has 0 saturated carbocycles. The highest BCUT2D eigenvalue weighted by molar-refractivity contribution is 5.89. The number of amides is 2. The Hall–Kier alpha value is -3.35. The molecule has 1 N–H and O–H groups in total. The monoisotopic (exact) mass is 408 g/mol. The summed E-state index contributed by atoms with van der Waals surface area (Å²) in [5.74, 6) is 1.34. The van der Waals surface area contributed by atoms with Crippen molar-refractivity contribution in [2.45, 2.75) is 39.8 Å². The van der Waals surface area contributed by atoms with Crippen LogP contribution in [0.15, 0.2) is 53.3 Å². The lowest BCUT2D eigenvalue weighted by molar-refractivity contribution is 0.198. The minimum Gasteiger partial charge on any atom is -0.494 e. The number of carbonyl (C=O) groups excluding carboxylic acids is 1. The van der Waals surface area contributed by atoms with E-state index < -0.39 is 0 Å². The molecule has 7 nitrogen and oxygen atoms in total. The number of anilines is 1. The van der Waals surface area contributed by atoms with Crippen LogP contribution in [0.3, 0.4) is 0 Å². The van der Waals surface area contributed by atoms with Crippen LogP contribution in [0.1, 0.15) is 39.1 Å². The molecule has 1 aromatic heterocycles. The number of fused-ring (bicyclic) bond motifs is 1. The molecule has 30 heavy (non-hydrogen) atoms. The summed E-state index contributed by atoms with van der Waals surface area (Å²) in [6.07, 6.45) is 0.623. The van der Waals surface area contributed by atoms with E-state index in [0.717, 1.165) is 5.75 Å². The molecule has 1 unspecified atom stereocenters. The van der Waals surface area contributed by atoms with E-state index in [4.69, 9.17) is 9.72 Å². The third-order valence-electron chi connectivity index (χ3n) is 5.10. The topological polar surface area (TPSA) is 76.5 Å². The van der Waals surface area contributed by atoms with Gasteiger partial charge in [-0.2, -0.15) is 0 Å². The first-order chi connectivity index (χ1) is 14.5. The average molecular weight is 409 g/mol. The fraction of sp³-hybridized carbons (Fsp3) is 0.348. The van der Waals surface area contributed by atoms with Gasteiger partial charge < -0.3 is 15.0 Å². The highest BCUT2D eigenvalue weighted by Crippen LogP contribution is 2.24. The van der Waals surface area contributed by atoms with Crippen molar-refractivity contribution in [1.29, 1.82) is 0 Å². The SMILES string of the molecule is CCOc1ccc(NC(=O)N(C)C(CC)c2nc3ccccc3c(=O)n2CC)cc1. The molecule has 1 atom stereocenters. The maximum Gasteiger partial charge on any atom is 0.322 e. The predicted octanol–water partition coefficient (Wildman–Crippen LogP) is 4.43. The van der Waals surface area contributed by atoms with E-state index >= 15 is 0 Å². The third-order valence-corrected chi connectivity index (χ3v) is 5.10. The van der Waals surface area contributed by atoms with E-state index in [1.165, 1.54) is 0 Å². The minimum absolute atomic E-state index is 0.0862. The molecule has 1 heterocycles. The molecule has 3 rings (SSSR count). The van der Waals surface area contributed by atoms with Crippen molar-refractivity contribution in [2.75, 3.05) is 19.0 Å². The minimum atomic E-state index is -0.343. The molecule has 2 aromatic carbocycles. The number of nitrogens with one attached hydrogen (secondary N) is 1. The highest BCUT2D eigenvalue weighted by Gasteiger charge is 2.25. The number of carbonyl (C=O) groups is 1. The number of aromatic nitrogens is 2. The van der Waals surface area contributed by atoms with Crippen molar-refractivity contribution >= 4 is 22.6 Å². The maximum atomic E-state index is 13.0. The lowest BCUT2D eigenvalue weighted by atomic mass is 10.1. The predicted molar refractivity (Wildman–Crippen MR) is 119 cm³/mol. The Morgan fingerprint density at radius 1 is 1.13 bits per heavy atom. The van der Waals surface area contributed by atoms with E-state index in [0.29, 0.717) is 42.0 Å². The molecule has 0 aliphatic rings. The lowest BCUT2D eigenvalue weighted by Gasteiger charge is -2.29. The summed E-state index contributed by atoms with van der Waals surface area (Å²) < 4.78 is 7.08. The Morgan fingerprint density at radius 2 is 1.83 bits per heavy atom. The van der Waals surface area contributed by atoms with Gasteiger partial charge in [-0.25, -0.2) is 9.78 Å². The second kappa shape index (κ2) is 9.43. The largest absolute Gasteiger partial charge is 0.494 e. The number of benzene rings is 2. The van der Waals surface area contributed by atoms with Crippen LogP contribution in [-0.2, 0) is 6.54 Å². The van der Waals surface area contributed by atoms with Gasteiger partial charge in [-0.1, -0.05) is 19.1 Å². The molecule has 0 fully saturated rings. The molecule has 7 heteroatoms. The van der Waals surface area contributed by atoms with E-state index in [9.17, 15) is 9.59 Å². The zero-order valence-electron chi connectivity index (χ0n) is 17.9. The Labute approximate surface area is 176 Å². The molecule has 0 saturated heterocycles. The molecule has 0 aliphatic heterocycles. The highest BCUT2D eigenvalue weighted by atomic mass is 16.5. The summed E-state index contributed by atoms with van der Waals surface area (Å²) in [5.41, 5.74) is 1.22. The second-order valence-corrected chi connectivity index (χ2v) is 6.96. The van der Waals surface area contributed by atoms with Gasteiger partial charge in [0.2, 0.25) is 0 Å². The molecule has 2 amide bonds. The Bertz CT molecular complexity index is 1080. The number of nitrogens with zero attached hydrogens (tertiary/aromatic N) is 3. The summed E-state index contributed by atoms with van der Waals surface area (Å²) in [7, 11) is 1.72. The van der Waals surface area contributed by atoms with Gasteiger partial charge in [0.05, 0.1) is 23.6 Å². The number of urea groups is 1. The van der Waals surface area contributed by atoms with Crippen molar-refractivity contribution in [3.05, 3.63) is 64.7 Å². The maximum absolute atomic E-state index is 13.0. The zero-order chi connectivity index (χ0) is 21.7. The van der Waals surface area contributed by atoms with Gasteiger partial charge in [0.25, 0.3) is 5.56 Å². The Morgan fingerprint density at radius 3 is 2.47 bits per heavy atom. The summed E-state index contributed by atoms with van der Waals surface area (Å²) in [4.78, 5) is 32.2. The normalized spacial score (nSPS) is 11.9. The van der Waals surface area contributed by atoms with Gasteiger partial charge in [-0.3, -0.25) is 9.36 Å². The number of hydrogen-bond donors (Lipinski definition) is 1. The molecule has 3 aromatic rings. The van der Waals surface area contributed by atoms with Crippen LogP contribution in [0, 0.1) is 0 Å². The number of rotatable bonds is 7. The first kappa shape index (κ1) is 21.4. The van der Waals surface area contributed by atoms with E-state index in [-0.39, 0.29) is 17.6 Å². The van der Waals surface area contributed by atoms with E-state index in [1.807, 2.05) is 51.1 Å². The lowest BCUT2D eigenvalue weighted by Crippen LogP contribution is -2.38. The summed E-state index contributed by atoms with van der Waals surface area (Å²) in [6.45, 7) is 6.88. The van der Waals surface area contributed by atoms with E-state index in [2.05, 4.69) is 5.32 Å². The van der Waals surface area contributed by atoms with Crippen LogP contribution in [0.2, 0.25) is 0 Å². The van der Waals surface area contributed by atoms with E-state index in [1.54, 1.807) is 34.7 Å². The molecule has 0 aliphatic carbocycles.